The summed E-state index contributed by atoms with van der Waals surface area (Å²) >= 11 is 0. The highest BCUT2D eigenvalue weighted by molar-refractivity contribution is 6.07. The van der Waals surface area contributed by atoms with E-state index < -0.39 is 11.9 Å². The van der Waals surface area contributed by atoms with Gasteiger partial charge in [-0.15, -0.1) is 0 Å². The largest absolute Gasteiger partial charge is 0.548 e. The molecule has 36 heavy (non-hydrogen) atoms. The Morgan fingerprint density at radius 1 is 0.889 bits per heavy atom. The van der Waals surface area contributed by atoms with Gasteiger partial charge in [0.15, 0.2) is 23.1 Å². The molecule has 0 radical (unpaired) electrons. The van der Waals surface area contributed by atoms with Crippen LogP contribution in [0.25, 0.3) is 0 Å². The predicted octanol–water partition coefficient (Wildman–Crippen LogP) is 3.92. The minimum Gasteiger partial charge on any atom is -0.548 e. The number of ketones is 2. The van der Waals surface area contributed by atoms with Gasteiger partial charge in [0.2, 0.25) is 0 Å². The fraction of sp³-hybridized carbons (Fsp3) is 0.552. The zero-order valence-electron chi connectivity index (χ0n) is 22.2. The Morgan fingerprint density at radius 2 is 1.39 bits per heavy atom. The Kier molecular flexibility index (Phi) is 6.80. The first-order chi connectivity index (χ1) is 16.9. The van der Waals surface area contributed by atoms with Gasteiger partial charge in [0.25, 0.3) is 0 Å². The monoisotopic (exact) mass is 494 g/mol. The van der Waals surface area contributed by atoms with Crippen molar-refractivity contribution in [2.75, 3.05) is 19.8 Å². The molecule has 3 aliphatic rings. The zero-order valence-corrected chi connectivity index (χ0v) is 22.2. The fourth-order valence-electron chi connectivity index (χ4n) is 5.95. The first kappa shape index (κ1) is 26.0. The van der Waals surface area contributed by atoms with Crippen LogP contribution in [0.2, 0.25) is 0 Å². The molecule has 1 aliphatic heterocycles. The molecule has 0 bridgehead atoms. The molecule has 0 fully saturated rings. The third-order valence-corrected chi connectivity index (χ3v) is 7.21. The topological polar surface area (TPSA) is 96.0 Å². The Hall–Kier alpha value is -3.09. The SMILES string of the molecule is CCOc1ccc(C2C3=C(CC(C)(C)CC3=O)N(CC(=O)[O-])C3=C2C(=O)CC(C)(C)C3)cc1OCC. The van der Waals surface area contributed by atoms with Gasteiger partial charge in [0, 0.05) is 41.3 Å². The van der Waals surface area contributed by atoms with Crippen LogP contribution in [0.4, 0.5) is 0 Å². The van der Waals surface area contributed by atoms with Crippen LogP contribution in [-0.2, 0) is 14.4 Å². The highest BCUT2D eigenvalue weighted by atomic mass is 16.5. The molecule has 194 valence electrons. The van der Waals surface area contributed by atoms with E-state index >= 15 is 0 Å². The summed E-state index contributed by atoms with van der Waals surface area (Å²) in [5.41, 5.74) is 2.56. The molecule has 0 saturated carbocycles. The number of ether oxygens (including phenoxy) is 2. The summed E-state index contributed by atoms with van der Waals surface area (Å²) in [5.74, 6) is -0.747. The molecule has 0 amide bonds. The second kappa shape index (κ2) is 9.41. The molecule has 0 N–H and O–H groups in total. The van der Waals surface area contributed by atoms with Gasteiger partial charge in [-0.2, -0.15) is 0 Å². The molecule has 0 atom stereocenters. The van der Waals surface area contributed by atoms with Crippen molar-refractivity contribution in [3.63, 3.8) is 0 Å². The van der Waals surface area contributed by atoms with E-state index in [9.17, 15) is 19.5 Å². The van der Waals surface area contributed by atoms with Crippen LogP contribution < -0.4 is 14.6 Å². The number of aliphatic carboxylic acids is 1. The molecular formula is C29H36NO6-. The predicted molar refractivity (Wildman–Crippen MR) is 133 cm³/mol. The molecule has 1 heterocycles. The van der Waals surface area contributed by atoms with Gasteiger partial charge in [-0.25, -0.2) is 0 Å². The van der Waals surface area contributed by atoms with E-state index in [0.29, 0.717) is 72.9 Å². The molecule has 2 aliphatic carbocycles. The summed E-state index contributed by atoms with van der Waals surface area (Å²) in [6.07, 6.45) is 1.75. The lowest BCUT2D eigenvalue weighted by Gasteiger charge is -2.49. The summed E-state index contributed by atoms with van der Waals surface area (Å²) in [5, 5.41) is 11.9. The number of carbonyl (C=O) groups is 3. The van der Waals surface area contributed by atoms with E-state index in [1.165, 1.54) is 0 Å². The summed E-state index contributed by atoms with van der Waals surface area (Å²) in [6, 6.07) is 5.58. The van der Waals surface area contributed by atoms with Crippen molar-refractivity contribution >= 4 is 17.5 Å². The van der Waals surface area contributed by atoms with Gasteiger partial charge in [-0.3, -0.25) is 9.59 Å². The van der Waals surface area contributed by atoms with E-state index in [4.69, 9.17) is 9.47 Å². The van der Waals surface area contributed by atoms with Crippen molar-refractivity contribution in [2.45, 2.75) is 73.1 Å². The highest BCUT2D eigenvalue weighted by Gasteiger charge is 2.49. The molecule has 4 rings (SSSR count). The minimum atomic E-state index is -1.24. The van der Waals surface area contributed by atoms with Crippen molar-refractivity contribution in [1.29, 1.82) is 0 Å². The number of carboxylic acids is 1. The van der Waals surface area contributed by atoms with Crippen molar-refractivity contribution in [2.24, 2.45) is 10.8 Å². The van der Waals surface area contributed by atoms with Crippen LogP contribution in [0.3, 0.4) is 0 Å². The van der Waals surface area contributed by atoms with Gasteiger partial charge in [-0.05, 0) is 55.2 Å². The number of allylic oxidation sites excluding steroid dienone is 4. The van der Waals surface area contributed by atoms with Crippen molar-refractivity contribution < 1.29 is 29.0 Å². The van der Waals surface area contributed by atoms with Crippen LogP contribution in [0, 0.1) is 10.8 Å². The maximum Gasteiger partial charge on any atom is 0.162 e. The zero-order chi connectivity index (χ0) is 26.4. The van der Waals surface area contributed by atoms with Gasteiger partial charge < -0.3 is 24.3 Å². The minimum absolute atomic E-state index is 0.0503. The second-order valence-electron chi connectivity index (χ2n) is 11.6. The second-order valence-corrected chi connectivity index (χ2v) is 11.6. The Labute approximate surface area is 213 Å². The Bertz CT molecular complexity index is 1120. The van der Waals surface area contributed by atoms with Crippen LogP contribution in [-0.4, -0.2) is 42.2 Å². The molecule has 0 aromatic heterocycles. The third kappa shape index (κ3) is 4.80. The quantitative estimate of drug-likeness (QED) is 0.567. The lowest BCUT2D eigenvalue weighted by atomic mass is 9.63. The van der Waals surface area contributed by atoms with E-state index in [1.54, 1.807) is 4.90 Å². The van der Waals surface area contributed by atoms with Crippen molar-refractivity contribution in [3.05, 3.63) is 46.3 Å². The summed E-state index contributed by atoms with van der Waals surface area (Å²) < 4.78 is 11.6. The van der Waals surface area contributed by atoms with Crippen molar-refractivity contribution in [1.82, 2.24) is 4.90 Å². The summed E-state index contributed by atoms with van der Waals surface area (Å²) in [7, 11) is 0. The van der Waals surface area contributed by atoms with E-state index in [0.717, 1.165) is 5.56 Å². The fourth-order valence-corrected chi connectivity index (χ4v) is 5.95. The molecule has 0 saturated heterocycles. The average Bonchev–Trinajstić information content (AvgIpc) is 2.74. The number of hydrogen-bond donors (Lipinski definition) is 0. The first-order valence-corrected chi connectivity index (χ1v) is 12.8. The van der Waals surface area contributed by atoms with Gasteiger partial charge in [-0.1, -0.05) is 33.8 Å². The normalized spacial score (nSPS) is 21.3. The molecule has 0 unspecified atom stereocenters. The smallest absolute Gasteiger partial charge is 0.162 e. The van der Waals surface area contributed by atoms with Gasteiger partial charge in [0.1, 0.15) is 0 Å². The van der Waals surface area contributed by atoms with Crippen LogP contribution in [0.1, 0.15) is 78.7 Å². The van der Waals surface area contributed by atoms with Crippen LogP contribution in [0.15, 0.2) is 40.7 Å². The lowest BCUT2D eigenvalue weighted by Crippen LogP contribution is -2.47. The third-order valence-electron chi connectivity index (χ3n) is 7.21. The van der Waals surface area contributed by atoms with Gasteiger partial charge in [0.05, 0.1) is 25.7 Å². The number of hydrogen-bond acceptors (Lipinski definition) is 7. The molecule has 1 aromatic carbocycles. The lowest BCUT2D eigenvalue weighted by molar-refractivity contribution is -0.305. The van der Waals surface area contributed by atoms with Gasteiger partial charge >= 0.3 is 0 Å². The van der Waals surface area contributed by atoms with E-state index in [2.05, 4.69) is 0 Å². The molecule has 7 nitrogen and oxygen atoms in total. The van der Waals surface area contributed by atoms with E-state index in [-0.39, 0.29) is 28.9 Å². The average molecular weight is 495 g/mol. The standard InChI is InChI=1S/C29H37NO6/c1-7-35-22-10-9-17(11-23(22)36-8-2)25-26-18(12-28(3,4)14-20(26)31)30(16-24(33)34)19-13-29(5,6)15-21(32)27(19)25/h9-11,25H,7-8,12-16H2,1-6H3,(H,33,34)/p-1. The maximum absolute atomic E-state index is 13.7. The highest BCUT2D eigenvalue weighted by Crippen LogP contribution is 2.54. The Balaban J connectivity index is 1.99. The molecule has 0 spiro atoms. The summed E-state index contributed by atoms with van der Waals surface area (Å²) in [4.78, 5) is 41.0. The van der Waals surface area contributed by atoms with E-state index in [1.807, 2.05) is 59.7 Å². The number of rotatable bonds is 7. The maximum atomic E-state index is 13.7. The molecular weight excluding hydrogens is 458 g/mol. The Morgan fingerprint density at radius 3 is 1.86 bits per heavy atom. The number of benzene rings is 1. The number of nitrogens with zero attached hydrogens (tertiary/aromatic N) is 1. The number of Topliss-reactive ketones (excluding diaryl/α,β-unsaturated/α-hetero) is 2. The van der Waals surface area contributed by atoms with Crippen LogP contribution in [0.5, 0.6) is 11.5 Å². The summed E-state index contributed by atoms with van der Waals surface area (Å²) in [6.45, 7) is 12.4. The number of carboxylic acid groups (broad SMARTS) is 1. The first-order valence-electron chi connectivity index (χ1n) is 12.8. The van der Waals surface area contributed by atoms with Crippen molar-refractivity contribution in [3.8, 4) is 11.5 Å². The molecule has 1 aromatic rings. The number of carbonyl (C=O) groups excluding carboxylic acids is 3. The molecule has 7 heteroatoms. The van der Waals surface area contributed by atoms with Crippen LogP contribution >= 0.6 is 0 Å².